The maximum Gasteiger partial charge on any atom is 0.387 e. The summed E-state index contributed by atoms with van der Waals surface area (Å²) in [4.78, 5) is 10.7. The van der Waals surface area contributed by atoms with Crippen LogP contribution in [0.1, 0.15) is 67.2 Å². The monoisotopic (exact) mass is 550 g/mol. The first-order chi connectivity index (χ1) is 18.3. The molecule has 39 heavy (non-hydrogen) atoms. The SMILES string of the molecule is CC(C)N1CCC(Oc2ccc(Nc3ncc(F)c(NC4CC(C)(C)NC(C)(C)C4)n3)cc2OC(F)F)CC1. The number of nitrogens with one attached hydrogen (secondary N) is 3. The average Bonchev–Trinajstić information content (AvgIpc) is 2.81. The standard InChI is InChI=1S/C28H41F3N6O2/c1-17(2)37-11-9-20(10-12-37)38-22-8-7-18(13-23(22)39-25(30)31)34-26-32-16-21(29)24(35-26)33-19-14-27(3,4)36-28(5,6)15-19/h7-8,13,16-17,19-20,25,36H,9-12,14-15H2,1-6H3,(H2,32,33,34,35). The lowest BCUT2D eigenvalue weighted by molar-refractivity contribution is -0.0525. The van der Waals surface area contributed by atoms with E-state index < -0.39 is 12.4 Å². The van der Waals surface area contributed by atoms with E-state index in [0.29, 0.717) is 11.7 Å². The average molecular weight is 551 g/mol. The molecule has 3 N–H and O–H groups in total. The topological polar surface area (TPSA) is 83.6 Å². The molecule has 0 spiro atoms. The maximum atomic E-state index is 14.6. The summed E-state index contributed by atoms with van der Waals surface area (Å²) < 4.78 is 51.9. The number of nitrogens with zero attached hydrogens (tertiary/aromatic N) is 3. The molecule has 0 radical (unpaired) electrons. The maximum absolute atomic E-state index is 14.6. The lowest BCUT2D eigenvalue weighted by atomic mass is 9.79. The van der Waals surface area contributed by atoms with Crippen molar-refractivity contribution in [3.05, 3.63) is 30.2 Å². The van der Waals surface area contributed by atoms with Crippen LogP contribution in [0.15, 0.2) is 24.4 Å². The molecular formula is C28H41F3N6O2. The molecule has 2 saturated heterocycles. The Morgan fingerprint density at radius 2 is 1.72 bits per heavy atom. The molecule has 2 fully saturated rings. The molecule has 4 rings (SSSR count). The Labute approximate surface area is 229 Å². The predicted molar refractivity (Wildman–Crippen MR) is 147 cm³/mol. The van der Waals surface area contributed by atoms with E-state index in [2.05, 4.69) is 72.4 Å². The molecule has 3 heterocycles. The number of piperidine rings is 2. The minimum atomic E-state index is -3.01. The third-order valence-corrected chi connectivity index (χ3v) is 7.19. The number of ether oxygens (including phenoxy) is 2. The fourth-order valence-electron chi connectivity index (χ4n) is 5.84. The number of benzene rings is 1. The van der Waals surface area contributed by atoms with Crippen LogP contribution >= 0.6 is 0 Å². The Hall–Kier alpha value is -2.79. The summed E-state index contributed by atoms with van der Waals surface area (Å²) in [7, 11) is 0. The number of aromatic nitrogens is 2. The van der Waals surface area contributed by atoms with Crippen LogP contribution in [0, 0.1) is 5.82 Å². The fourth-order valence-corrected chi connectivity index (χ4v) is 5.84. The molecule has 1 aromatic heterocycles. The highest BCUT2D eigenvalue weighted by Crippen LogP contribution is 2.35. The van der Waals surface area contributed by atoms with Gasteiger partial charge in [0.15, 0.2) is 23.1 Å². The summed E-state index contributed by atoms with van der Waals surface area (Å²) in [6, 6.07) is 5.15. The summed E-state index contributed by atoms with van der Waals surface area (Å²) >= 11 is 0. The van der Waals surface area contributed by atoms with Crippen LogP contribution in [-0.2, 0) is 0 Å². The van der Waals surface area contributed by atoms with Crippen LogP contribution in [0.3, 0.4) is 0 Å². The van der Waals surface area contributed by atoms with Gasteiger partial charge in [0.05, 0.1) is 6.20 Å². The highest BCUT2D eigenvalue weighted by Gasteiger charge is 2.38. The number of anilines is 3. The zero-order chi connectivity index (χ0) is 28.4. The molecular weight excluding hydrogens is 509 g/mol. The number of hydrogen-bond donors (Lipinski definition) is 3. The predicted octanol–water partition coefficient (Wildman–Crippen LogP) is 5.93. The Kier molecular flexibility index (Phi) is 8.80. The van der Waals surface area contributed by atoms with Gasteiger partial charge in [0.1, 0.15) is 6.10 Å². The molecule has 216 valence electrons. The lowest BCUT2D eigenvalue weighted by Crippen LogP contribution is -2.60. The van der Waals surface area contributed by atoms with Crippen LogP contribution in [0.5, 0.6) is 11.5 Å². The van der Waals surface area contributed by atoms with E-state index >= 15 is 0 Å². The second-order valence-electron chi connectivity index (χ2n) is 12.1. The van der Waals surface area contributed by atoms with Crippen molar-refractivity contribution in [1.82, 2.24) is 20.2 Å². The van der Waals surface area contributed by atoms with Crippen molar-refractivity contribution in [2.75, 3.05) is 23.7 Å². The first kappa shape index (κ1) is 29.2. The summed E-state index contributed by atoms with van der Waals surface area (Å²) in [6.07, 6.45) is 4.18. The van der Waals surface area contributed by atoms with Crippen LogP contribution in [0.25, 0.3) is 0 Å². The second-order valence-corrected chi connectivity index (χ2v) is 12.1. The van der Waals surface area contributed by atoms with Crippen molar-refractivity contribution in [3.63, 3.8) is 0 Å². The smallest absolute Gasteiger partial charge is 0.387 e. The molecule has 1 aromatic carbocycles. The quantitative estimate of drug-likeness (QED) is 0.354. The summed E-state index contributed by atoms with van der Waals surface area (Å²) in [5, 5.41) is 9.82. The van der Waals surface area contributed by atoms with Crippen LogP contribution in [-0.4, -0.2) is 63.8 Å². The minimum Gasteiger partial charge on any atom is -0.486 e. The summed E-state index contributed by atoms with van der Waals surface area (Å²) in [5.74, 6) is -0.182. The van der Waals surface area contributed by atoms with Gasteiger partial charge in [-0.25, -0.2) is 9.37 Å². The van der Waals surface area contributed by atoms with E-state index in [1.165, 1.54) is 6.07 Å². The Bertz CT molecular complexity index is 1110. The van der Waals surface area contributed by atoms with E-state index in [9.17, 15) is 13.2 Å². The Balaban J connectivity index is 1.47. The number of alkyl halides is 2. The minimum absolute atomic E-state index is 0.00313. The van der Waals surface area contributed by atoms with Crippen LogP contribution < -0.4 is 25.4 Å². The molecule has 0 bridgehead atoms. The molecule has 0 aliphatic carbocycles. The third-order valence-electron chi connectivity index (χ3n) is 7.19. The van der Waals surface area contributed by atoms with E-state index in [4.69, 9.17) is 9.47 Å². The van der Waals surface area contributed by atoms with E-state index in [0.717, 1.165) is 45.0 Å². The number of likely N-dealkylation sites (tertiary alicyclic amines) is 1. The lowest BCUT2D eigenvalue weighted by Gasteiger charge is -2.46. The van der Waals surface area contributed by atoms with Gasteiger partial charge < -0.3 is 30.3 Å². The Morgan fingerprint density at radius 3 is 2.33 bits per heavy atom. The van der Waals surface area contributed by atoms with Gasteiger partial charge in [-0.1, -0.05) is 0 Å². The van der Waals surface area contributed by atoms with Crippen molar-refractivity contribution in [2.45, 2.75) is 103 Å². The molecule has 0 amide bonds. The van der Waals surface area contributed by atoms with Gasteiger partial charge in [-0.2, -0.15) is 13.8 Å². The molecule has 11 heteroatoms. The first-order valence-corrected chi connectivity index (χ1v) is 13.6. The molecule has 0 atom stereocenters. The fraction of sp³-hybridized carbons (Fsp3) is 0.643. The molecule has 8 nitrogen and oxygen atoms in total. The largest absolute Gasteiger partial charge is 0.486 e. The molecule has 0 saturated carbocycles. The van der Waals surface area contributed by atoms with Gasteiger partial charge in [-0.3, -0.25) is 0 Å². The van der Waals surface area contributed by atoms with Crippen molar-refractivity contribution >= 4 is 17.5 Å². The Morgan fingerprint density at radius 1 is 1.05 bits per heavy atom. The number of rotatable bonds is 9. The molecule has 2 aliphatic rings. The number of halogens is 3. The van der Waals surface area contributed by atoms with Crippen LogP contribution in [0.4, 0.5) is 30.6 Å². The van der Waals surface area contributed by atoms with Crippen molar-refractivity contribution < 1.29 is 22.6 Å². The normalized spacial score (nSPS) is 20.3. The van der Waals surface area contributed by atoms with Gasteiger partial charge in [0, 0.05) is 48.0 Å². The van der Waals surface area contributed by atoms with Crippen molar-refractivity contribution in [1.29, 1.82) is 0 Å². The van der Waals surface area contributed by atoms with E-state index in [1.54, 1.807) is 12.1 Å². The van der Waals surface area contributed by atoms with E-state index in [1.807, 2.05) is 0 Å². The van der Waals surface area contributed by atoms with Crippen molar-refractivity contribution in [3.8, 4) is 11.5 Å². The number of hydrogen-bond acceptors (Lipinski definition) is 8. The van der Waals surface area contributed by atoms with Gasteiger partial charge in [-0.05, 0) is 79.4 Å². The molecule has 2 aromatic rings. The van der Waals surface area contributed by atoms with Gasteiger partial charge in [0.2, 0.25) is 5.95 Å². The van der Waals surface area contributed by atoms with Gasteiger partial charge in [-0.15, -0.1) is 0 Å². The molecule has 2 aliphatic heterocycles. The van der Waals surface area contributed by atoms with E-state index in [-0.39, 0.29) is 46.5 Å². The highest BCUT2D eigenvalue weighted by molar-refractivity contribution is 5.60. The van der Waals surface area contributed by atoms with Gasteiger partial charge in [0.25, 0.3) is 0 Å². The summed E-state index contributed by atoms with van der Waals surface area (Å²) in [6.45, 7) is 11.5. The zero-order valence-electron chi connectivity index (χ0n) is 23.7. The molecule has 0 unspecified atom stereocenters. The second kappa shape index (κ2) is 11.8. The third kappa shape index (κ3) is 8.11. The van der Waals surface area contributed by atoms with Gasteiger partial charge >= 0.3 is 6.61 Å². The summed E-state index contributed by atoms with van der Waals surface area (Å²) in [5.41, 5.74) is 0.162. The first-order valence-electron chi connectivity index (χ1n) is 13.6. The highest BCUT2D eigenvalue weighted by atomic mass is 19.3. The van der Waals surface area contributed by atoms with Crippen molar-refractivity contribution in [2.24, 2.45) is 0 Å². The zero-order valence-corrected chi connectivity index (χ0v) is 23.7. The van der Waals surface area contributed by atoms with Crippen LogP contribution in [0.2, 0.25) is 0 Å².